The fourth-order valence-electron chi connectivity index (χ4n) is 3.86. The number of imidazole rings is 1. The van der Waals surface area contributed by atoms with Crippen LogP contribution >= 0.6 is 11.3 Å². The summed E-state index contributed by atoms with van der Waals surface area (Å²) in [5.74, 6) is -0.415. The maximum atomic E-state index is 13.5. The van der Waals surface area contributed by atoms with Crippen LogP contribution in [0.3, 0.4) is 0 Å². The third kappa shape index (κ3) is 3.37. The van der Waals surface area contributed by atoms with E-state index >= 15 is 0 Å². The molecule has 1 N–H and O–H groups in total. The maximum Gasteiger partial charge on any atom is 0.272 e. The van der Waals surface area contributed by atoms with E-state index in [1.54, 1.807) is 33.0 Å². The van der Waals surface area contributed by atoms with Gasteiger partial charge in [0.25, 0.3) is 5.91 Å². The number of carbonyl (C=O) groups excluding carboxylic acids is 1. The third-order valence-corrected chi connectivity index (χ3v) is 6.08. The van der Waals surface area contributed by atoms with Gasteiger partial charge in [-0.2, -0.15) is 0 Å². The van der Waals surface area contributed by atoms with E-state index in [-0.39, 0.29) is 17.8 Å². The van der Waals surface area contributed by atoms with Crippen LogP contribution in [0.5, 0.6) is 0 Å². The Morgan fingerprint density at radius 2 is 2.22 bits per heavy atom. The largest absolute Gasteiger partial charge is 0.391 e. The van der Waals surface area contributed by atoms with Crippen molar-refractivity contribution in [1.29, 1.82) is 0 Å². The highest BCUT2D eigenvalue weighted by Gasteiger charge is 2.32. The lowest BCUT2D eigenvalue weighted by molar-refractivity contribution is 0.0192. The second kappa shape index (κ2) is 7.40. The lowest BCUT2D eigenvalue weighted by atomic mass is 9.91. The average molecular weight is 387 g/mol. The Hall–Kier alpha value is -2.25. The molecular weight excluding hydrogens is 365 g/mol. The third-order valence-electron chi connectivity index (χ3n) is 5.24. The van der Waals surface area contributed by atoms with Gasteiger partial charge < -0.3 is 10.0 Å². The number of thiazole rings is 1. The number of aromatic nitrogens is 2. The molecule has 0 spiro atoms. The number of carbonyl (C=O) groups is 1. The van der Waals surface area contributed by atoms with Crippen LogP contribution in [0.25, 0.3) is 16.2 Å². The van der Waals surface area contributed by atoms with Crippen LogP contribution in [-0.2, 0) is 0 Å². The molecule has 7 heteroatoms. The number of aliphatic hydroxyl groups excluding tert-OH is 1. The van der Waals surface area contributed by atoms with Gasteiger partial charge in [0, 0.05) is 23.7 Å². The fourth-order valence-corrected chi connectivity index (χ4v) is 4.70. The maximum absolute atomic E-state index is 13.5. The number of amides is 1. The van der Waals surface area contributed by atoms with E-state index in [1.807, 2.05) is 6.92 Å². The number of nitrogens with zero attached hydrogens (tertiary/aromatic N) is 3. The number of likely N-dealkylation sites (N-methyl/N-ethyl adjacent to an activating group) is 1. The second-order valence-corrected chi connectivity index (χ2v) is 7.76. The van der Waals surface area contributed by atoms with E-state index in [9.17, 15) is 14.3 Å². The molecule has 2 atom stereocenters. The van der Waals surface area contributed by atoms with E-state index in [0.29, 0.717) is 28.5 Å². The van der Waals surface area contributed by atoms with Crippen LogP contribution in [0.2, 0.25) is 0 Å². The number of benzene rings is 1. The first-order valence-corrected chi connectivity index (χ1v) is 10.2. The van der Waals surface area contributed by atoms with Crippen LogP contribution in [0.1, 0.15) is 43.1 Å². The summed E-state index contributed by atoms with van der Waals surface area (Å²) in [7, 11) is 0. The van der Waals surface area contributed by atoms with Gasteiger partial charge in [-0.15, -0.1) is 11.3 Å². The van der Waals surface area contributed by atoms with Gasteiger partial charge in [0.05, 0.1) is 17.8 Å². The summed E-state index contributed by atoms with van der Waals surface area (Å²) >= 11 is 1.39. The molecule has 3 aromatic rings. The van der Waals surface area contributed by atoms with Crippen LogP contribution in [0.4, 0.5) is 4.39 Å². The molecule has 1 aromatic carbocycles. The lowest BCUT2D eigenvalue weighted by Gasteiger charge is -2.36. The summed E-state index contributed by atoms with van der Waals surface area (Å²) in [6.45, 7) is 2.48. The summed E-state index contributed by atoms with van der Waals surface area (Å²) in [5, 5.41) is 12.2. The molecular formula is C20H22FN3O2S. The second-order valence-electron chi connectivity index (χ2n) is 6.92. The molecule has 4 rings (SSSR count). The molecule has 0 saturated heterocycles. The molecule has 1 fully saturated rings. The number of hydrogen-bond donors (Lipinski definition) is 1. The Balaban J connectivity index is 1.67. The number of rotatable bonds is 4. The van der Waals surface area contributed by atoms with E-state index in [1.165, 1.54) is 23.5 Å². The van der Waals surface area contributed by atoms with Crippen molar-refractivity contribution < 1.29 is 14.3 Å². The van der Waals surface area contributed by atoms with Crippen LogP contribution < -0.4 is 0 Å². The van der Waals surface area contributed by atoms with Crippen molar-refractivity contribution in [3.05, 3.63) is 47.4 Å². The summed E-state index contributed by atoms with van der Waals surface area (Å²) in [6, 6.07) is 6.13. The number of fused-ring (bicyclic) bond motifs is 1. The van der Waals surface area contributed by atoms with Crippen molar-refractivity contribution in [2.75, 3.05) is 6.54 Å². The van der Waals surface area contributed by atoms with E-state index < -0.39 is 6.10 Å². The van der Waals surface area contributed by atoms with Crippen molar-refractivity contribution in [1.82, 2.24) is 14.3 Å². The molecule has 142 valence electrons. The van der Waals surface area contributed by atoms with Crippen LogP contribution in [0.15, 0.2) is 35.8 Å². The highest BCUT2D eigenvalue weighted by molar-refractivity contribution is 7.15. The molecule has 1 aliphatic carbocycles. The minimum atomic E-state index is -0.470. The monoisotopic (exact) mass is 387 g/mol. The Kier molecular flexibility index (Phi) is 4.97. The minimum absolute atomic E-state index is 0.0992. The highest BCUT2D eigenvalue weighted by atomic mass is 32.1. The molecule has 1 amide bonds. The lowest BCUT2D eigenvalue weighted by Crippen LogP contribution is -2.48. The Labute approximate surface area is 161 Å². The highest BCUT2D eigenvalue weighted by Crippen LogP contribution is 2.28. The Morgan fingerprint density at radius 3 is 2.96 bits per heavy atom. The SMILES string of the molecule is CCN(C(=O)c1csc2nc(-c3cccc(F)c3)cn12)[C@@H]1CCCC[C@H]1O. The number of hydrogen-bond acceptors (Lipinski definition) is 4. The van der Waals surface area contributed by atoms with Gasteiger partial charge in [-0.25, -0.2) is 9.37 Å². The van der Waals surface area contributed by atoms with E-state index in [2.05, 4.69) is 4.98 Å². The summed E-state index contributed by atoms with van der Waals surface area (Å²) in [5.41, 5.74) is 1.85. The topological polar surface area (TPSA) is 57.8 Å². The molecule has 0 unspecified atom stereocenters. The standard InChI is InChI=1S/C20H22FN3O2S/c1-2-23(16-8-3-4-9-18(16)25)19(26)17-12-27-20-22-15(11-24(17)20)13-6-5-7-14(21)10-13/h5-7,10-12,16,18,25H,2-4,8-9H2,1H3/t16-,18-/m1/s1. The molecule has 2 heterocycles. The van der Waals surface area contributed by atoms with Gasteiger partial charge in [0.1, 0.15) is 11.5 Å². The van der Waals surface area contributed by atoms with Gasteiger partial charge in [-0.05, 0) is 31.9 Å². The van der Waals surface area contributed by atoms with Gasteiger partial charge in [0.2, 0.25) is 0 Å². The zero-order valence-electron chi connectivity index (χ0n) is 15.1. The van der Waals surface area contributed by atoms with Gasteiger partial charge in [-0.3, -0.25) is 9.20 Å². The van der Waals surface area contributed by atoms with Gasteiger partial charge in [-0.1, -0.05) is 25.0 Å². The normalized spacial score (nSPS) is 20.1. The summed E-state index contributed by atoms with van der Waals surface area (Å²) in [4.78, 5) is 20.2. The molecule has 0 radical (unpaired) electrons. The van der Waals surface area contributed by atoms with Gasteiger partial charge in [0.15, 0.2) is 4.96 Å². The first-order chi connectivity index (χ1) is 13.1. The van der Waals surface area contributed by atoms with E-state index in [4.69, 9.17) is 0 Å². The zero-order chi connectivity index (χ0) is 19.0. The van der Waals surface area contributed by atoms with Crippen molar-refractivity contribution in [3.8, 4) is 11.3 Å². The van der Waals surface area contributed by atoms with Crippen LogP contribution in [0, 0.1) is 5.82 Å². The molecule has 0 bridgehead atoms. The van der Waals surface area contributed by atoms with Crippen molar-refractivity contribution in [2.24, 2.45) is 0 Å². The fraction of sp³-hybridized carbons (Fsp3) is 0.400. The molecule has 5 nitrogen and oxygen atoms in total. The average Bonchev–Trinajstić information content (AvgIpc) is 3.24. The van der Waals surface area contributed by atoms with Crippen molar-refractivity contribution in [3.63, 3.8) is 0 Å². The summed E-state index contributed by atoms with van der Waals surface area (Å²) in [6.07, 6.45) is 4.90. The molecule has 1 aliphatic rings. The first-order valence-electron chi connectivity index (χ1n) is 9.30. The number of halogens is 1. The predicted molar refractivity (Wildman–Crippen MR) is 103 cm³/mol. The quantitative estimate of drug-likeness (QED) is 0.737. The minimum Gasteiger partial charge on any atom is -0.391 e. The van der Waals surface area contributed by atoms with Gasteiger partial charge >= 0.3 is 0 Å². The molecule has 2 aromatic heterocycles. The zero-order valence-corrected chi connectivity index (χ0v) is 16.0. The Morgan fingerprint density at radius 1 is 1.41 bits per heavy atom. The Bertz CT molecular complexity index is 967. The predicted octanol–water partition coefficient (Wildman–Crippen LogP) is 3.97. The van der Waals surface area contributed by atoms with Crippen molar-refractivity contribution in [2.45, 2.75) is 44.8 Å². The van der Waals surface area contributed by atoms with Crippen molar-refractivity contribution >= 4 is 22.2 Å². The molecule has 1 saturated carbocycles. The number of aliphatic hydroxyl groups is 1. The van der Waals surface area contributed by atoms with Crippen LogP contribution in [-0.4, -0.2) is 44.0 Å². The van der Waals surface area contributed by atoms with E-state index in [0.717, 1.165) is 25.7 Å². The summed E-state index contributed by atoms with van der Waals surface area (Å²) < 4.78 is 15.3. The molecule has 27 heavy (non-hydrogen) atoms. The smallest absolute Gasteiger partial charge is 0.272 e. The molecule has 0 aliphatic heterocycles. The first kappa shape index (κ1) is 18.1.